The van der Waals surface area contributed by atoms with E-state index in [2.05, 4.69) is 44.0 Å². The topological polar surface area (TPSA) is 53.2 Å². The first-order valence-electron chi connectivity index (χ1n) is 6.24. The first kappa shape index (κ1) is 14.4. The third-order valence-electron chi connectivity index (χ3n) is 2.76. The van der Waals surface area contributed by atoms with Gasteiger partial charge in [-0.25, -0.2) is 4.79 Å². The Bertz CT molecular complexity index is 584. The number of anilines is 2. The lowest BCUT2D eigenvalue weighted by Gasteiger charge is -2.09. The Morgan fingerprint density at radius 3 is 2.45 bits per heavy atom. The molecule has 0 aromatic heterocycles. The van der Waals surface area contributed by atoms with E-state index in [1.165, 1.54) is 5.56 Å². The third-order valence-corrected chi connectivity index (χ3v) is 3.25. The van der Waals surface area contributed by atoms with Crippen molar-refractivity contribution in [3.63, 3.8) is 0 Å². The lowest BCUT2D eigenvalue weighted by atomic mass is 10.2. The second-order valence-corrected chi connectivity index (χ2v) is 5.18. The highest BCUT2D eigenvalue weighted by Gasteiger charge is 1.99. The van der Waals surface area contributed by atoms with E-state index in [4.69, 9.17) is 0 Å². The van der Waals surface area contributed by atoms with Crippen LogP contribution in [0.5, 0.6) is 0 Å². The van der Waals surface area contributed by atoms with Gasteiger partial charge in [-0.2, -0.15) is 0 Å². The highest BCUT2D eigenvalue weighted by Crippen LogP contribution is 2.16. The fourth-order valence-electron chi connectivity index (χ4n) is 1.72. The molecule has 4 nitrogen and oxygen atoms in total. The van der Waals surface area contributed by atoms with Crippen molar-refractivity contribution in [2.75, 3.05) is 17.7 Å². The zero-order chi connectivity index (χ0) is 14.4. The minimum Gasteiger partial charge on any atom is -0.381 e. The van der Waals surface area contributed by atoms with Gasteiger partial charge in [-0.1, -0.05) is 28.1 Å². The van der Waals surface area contributed by atoms with Crippen LogP contribution in [0.25, 0.3) is 0 Å². The molecule has 2 amide bonds. The summed E-state index contributed by atoms with van der Waals surface area (Å²) in [4.78, 5) is 11.2. The van der Waals surface area contributed by atoms with Gasteiger partial charge >= 0.3 is 6.03 Å². The molecule has 2 aromatic carbocycles. The van der Waals surface area contributed by atoms with Crippen LogP contribution in [0.15, 0.2) is 53.0 Å². The maximum absolute atomic E-state index is 11.2. The van der Waals surface area contributed by atoms with Gasteiger partial charge in [-0.15, -0.1) is 0 Å². The summed E-state index contributed by atoms with van der Waals surface area (Å²) in [7, 11) is 1.59. The van der Waals surface area contributed by atoms with Crippen LogP contribution in [-0.2, 0) is 6.54 Å². The molecule has 0 saturated heterocycles. The van der Waals surface area contributed by atoms with Crippen molar-refractivity contribution in [3.8, 4) is 0 Å². The predicted octanol–water partition coefficient (Wildman–Crippen LogP) is 3.81. The third kappa shape index (κ3) is 4.28. The molecule has 0 saturated carbocycles. The molecule has 2 aromatic rings. The van der Waals surface area contributed by atoms with Crippen molar-refractivity contribution in [3.05, 3.63) is 58.6 Å². The van der Waals surface area contributed by atoms with Crippen molar-refractivity contribution < 1.29 is 4.79 Å². The number of halogens is 1. The number of hydrogen-bond acceptors (Lipinski definition) is 2. The molecule has 0 spiro atoms. The monoisotopic (exact) mass is 333 g/mol. The van der Waals surface area contributed by atoms with E-state index in [0.717, 1.165) is 22.4 Å². The van der Waals surface area contributed by atoms with Crippen molar-refractivity contribution in [1.29, 1.82) is 0 Å². The molecule has 0 aliphatic heterocycles. The number of rotatable bonds is 4. The van der Waals surface area contributed by atoms with Crippen LogP contribution < -0.4 is 16.0 Å². The SMILES string of the molecule is CNC(=O)Nc1ccc(NCc2cccc(Br)c2)cc1. The molecule has 0 fully saturated rings. The molecule has 2 rings (SSSR count). The van der Waals surface area contributed by atoms with E-state index in [1.54, 1.807) is 7.05 Å². The van der Waals surface area contributed by atoms with Crippen molar-refractivity contribution in [1.82, 2.24) is 5.32 Å². The molecule has 0 radical (unpaired) electrons. The molecule has 104 valence electrons. The van der Waals surface area contributed by atoms with Gasteiger partial charge in [0.1, 0.15) is 0 Å². The first-order valence-corrected chi connectivity index (χ1v) is 7.04. The Kier molecular flexibility index (Phi) is 5.01. The molecule has 0 atom stereocenters. The molecule has 0 unspecified atom stereocenters. The number of carbonyl (C=O) groups excluding carboxylic acids is 1. The van der Waals surface area contributed by atoms with Gasteiger partial charge in [-0.05, 0) is 42.0 Å². The number of urea groups is 1. The number of carbonyl (C=O) groups is 1. The Balaban J connectivity index is 1.92. The fourth-order valence-corrected chi connectivity index (χ4v) is 2.16. The van der Waals surface area contributed by atoms with Gasteiger partial charge in [0.25, 0.3) is 0 Å². The zero-order valence-corrected chi connectivity index (χ0v) is 12.7. The van der Waals surface area contributed by atoms with Gasteiger partial charge < -0.3 is 16.0 Å². The Morgan fingerprint density at radius 2 is 1.80 bits per heavy atom. The lowest BCUT2D eigenvalue weighted by molar-refractivity contribution is 0.254. The zero-order valence-electron chi connectivity index (χ0n) is 11.1. The summed E-state index contributed by atoms with van der Waals surface area (Å²) in [6, 6.07) is 15.5. The Labute approximate surface area is 126 Å². The van der Waals surface area contributed by atoms with Crippen molar-refractivity contribution in [2.24, 2.45) is 0 Å². The largest absolute Gasteiger partial charge is 0.381 e. The average Bonchev–Trinajstić information content (AvgIpc) is 2.46. The Hall–Kier alpha value is -2.01. The molecule has 0 bridgehead atoms. The van der Waals surface area contributed by atoms with Crippen molar-refractivity contribution >= 4 is 33.3 Å². The minimum absolute atomic E-state index is 0.222. The summed E-state index contributed by atoms with van der Waals surface area (Å²) in [5.41, 5.74) is 2.97. The van der Waals surface area contributed by atoms with Crippen LogP contribution >= 0.6 is 15.9 Å². The summed E-state index contributed by atoms with van der Waals surface area (Å²) in [5, 5.41) is 8.56. The number of hydrogen-bond donors (Lipinski definition) is 3. The van der Waals surface area contributed by atoms with Gasteiger partial charge in [0, 0.05) is 29.4 Å². The van der Waals surface area contributed by atoms with E-state index in [1.807, 2.05) is 36.4 Å². The quantitative estimate of drug-likeness (QED) is 0.796. The Morgan fingerprint density at radius 1 is 1.10 bits per heavy atom. The molecule has 3 N–H and O–H groups in total. The van der Waals surface area contributed by atoms with Crippen molar-refractivity contribution in [2.45, 2.75) is 6.54 Å². The maximum Gasteiger partial charge on any atom is 0.318 e. The molecular formula is C15H16BrN3O. The maximum atomic E-state index is 11.2. The molecule has 0 aliphatic rings. The van der Waals surface area contributed by atoms with Crippen LogP contribution in [0.3, 0.4) is 0 Å². The molecule has 0 heterocycles. The van der Waals surface area contributed by atoms with E-state index in [-0.39, 0.29) is 6.03 Å². The first-order chi connectivity index (χ1) is 9.67. The average molecular weight is 334 g/mol. The highest BCUT2D eigenvalue weighted by molar-refractivity contribution is 9.10. The lowest BCUT2D eigenvalue weighted by Crippen LogP contribution is -2.24. The normalized spacial score (nSPS) is 9.90. The minimum atomic E-state index is -0.222. The summed E-state index contributed by atoms with van der Waals surface area (Å²) in [5.74, 6) is 0. The fraction of sp³-hybridized carbons (Fsp3) is 0.133. The van der Waals surface area contributed by atoms with Crippen LogP contribution in [0.4, 0.5) is 16.2 Å². The second kappa shape index (κ2) is 6.96. The summed E-state index contributed by atoms with van der Waals surface area (Å²) in [6.45, 7) is 0.752. The predicted molar refractivity (Wildman–Crippen MR) is 86.0 cm³/mol. The van der Waals surface area contributed by atoms with Crippen LogP contribution in [0, 0.1) is 0 Å². The van der Waals surface area contributed by atoms with E-state index >= 15 is 0 Å². The van der Waals surface area contributed by atoms with E-state index in [0.29, 0.717) is 0 Å². The number of benzene rings is 2. The molecule has 5 heteroatoms. The second-order valence-electron chi connectivity index (χ2n) is 4.26. The standard InChI is InChI=1S/C15H16BrN3O/c1-17-15(20)19-14-7-5-13(6-8-14)18-10-11-3-2-4-12(16)9-11/h2-9,18H,10H2,1H3,(H2,17,19,20). The van der Waals surface area contributed by atoms with Gasteiger partial charge in [0.15, 0.2) is 0 Å². The van der Waals surface area contributed by atoms with Gasteiger partial charge in [0.2, 0.25) is 0 Å². The summed E-state index contributed by atoms with van der Waals surface area (Å²) >= 11 is 3.45. The highest BCUT2D eigenvalue weighted by atomic mass is 79.9. The smallest absolute Gasteiger partial charge is 0.318 e. The number of nitrogens with one attached hydrogen (secondary N) is 3. The molecule has 20 heavy (non-hydrogen) atoms. The van der Waals surface area contributed by atoms with E-state index < -0.39 is 0 Å². The summed E-state index contributed by atoms with van der Waals surface area (Å²) in [6.07, 6.45) is 0. The number of amides is 2. The van der Waals surface area contributed by atoms with E-state index in [9.17, 15) is 4.79 Å². The van der Waals surface area contributed by atoms with Crippen LogP contribution in [0.1, 0.15) is 5.56 Å². The molecular weight excluding hydrogens is 318 g/mol. The molecule has 0 aliphatic carbocycles. The van der Waals surface area contributed by atoms with Crippen LogP contribution in [0.2, 0.25) is 0 Å². The van der Waals surface area contributed by atoms with Gasteiger partial charge in [-0.3, -0.25) is 0 Å². The van der Waals surface area contributed by atoms with Crippen LogP contribution in [-0.4, -0.2) is 13.1 Å². The summed E-state index contributed by atoms with van der Waals surface area (Å²) < 4.78 is 1.07. The van der Waals surface area contributed by atoms with Gasteiger partial charge in [0.05, 0.1) is 0 Å².